The van der Waals surface area contributed by atoms with Gasteiger partial charge in [-0.15, -0.1) is 0 Å². The molecule has 0 N–H and O–H groups in total. The Morgan fingerprint density at radius 3 is 0.913 bits per heavy atom. The highest BCUT2D eigenvalue weighted by molar-refractivity contribution is 5.96. The first kappa shape index (κ1) is 32.8. The maximum Gasteiger partial charge on any atom is 0.0786 e. The van der Waals surface area contributed by atoms with Crippen molar-refractivity contribution in [3.63, 3.8) is 0 Å². The van der Waals surface area contributed by atoms with Crippen LogP contribution in [0.25, 0.3) is 22.3 Å². The number of nitrogens with zero attached hydrogens (tertiary/aromatic N) is 1. The number of hydrogen-bond donors (Lipinski definition) is 0. The first-order valence-electron chi connectivity index (χ1n) is 18.2. The zero-order chi connectivity index (χ0) is 31.9. The maximum absolute atomic E-state index is 2.42. The van der Waals surface area contributed by atoms with E-state index in [1.807, 2.05) is 0 Å². The van der Waals surface area contributed by atoms with E-state index in [-0.39, 0.29) is 0 Å². The van der Waals surface area contributed by atoms with Crippen LogP contribution < -0.4 is 0 Å². The van der Waals surface area contributed by atoms with Crippen LogP contribution in [0.15, 0.2) is 97.1 Å². The Morgan fingerprint density at radius 1 is 0.348 bits per heavy atom. The van der Waals surface area contributed by atoms with E-state index in [0.29, 0.717) is 0 Å². The van der Waals surface area contributed by atoms with Gasteiger partial charge in [0.05, 0.1) is 26.2 Å². The fourth-order valence-electron chi connectivity index (χ4n) is 7.96. The molecule has 0 aromatic heterocycles. The molecule has 0 spiro atoms. The van der Waals surface area contributed by atoms with Crippen molar-refractivity contribution in [3.8, 4) is 22.3 Å². The summed E-state index contributed by atoms with van der Waals surface area (Å²) in [6.45, 7) is 15.0. The maximum atomic E-state index is 2.42. The molecule has 4 aromatic rings. The Hall–Kier alpha value is -3.16. The number of fused-ring (bicyclic) bond motifs is 13. The van der Waals surface area contributed by atoms with E-state index in [9.17, 15) is 0 Å². The Morgan fingerprint density at radius 2 is 0.609 bits per heavy atom. The smallest absolute Gasteiger partial charge is 0.0786 e. The average Bonchev–Trinajstić information content (AvgIpc) is 3.53. The van der Waals surface area contributed by atoms with E-state index in [1.54, 1.807) is 0 Å². The number of unbranched alkanes of at least 4 members (excludes halogenated alkanes) is 4. The number of quaternary nitrogens is 1. The number of benzene rings is 4. The molecule has 46 heavy (non-hydrogen) atoms. The molecule has 237 valence electrons. The molecule has 0 unspecified atom stereocenters. The van der Waals surface area contributed by atoms with Crippen LogP contribution in [0.2, 0.25) is 0 Å². The first-order chi connectivity index (χ1) is 22.7. The van der Waals surface area contributed by atoms with Crippen molar-refractivity contribution in [2.24, 2.45) is 0 Å². The van der Waals surface area contributed by atoms with E-state index in [2.05, 4.69) is 131 Å². The lowest BCUT2D eigenvalue weighted by atomic mass is 9.66. The fraction of sp³-hybridized carbons (Fsp3) is 0.356. The first-order valence-corrected chi connectivity index (χ1v) is 18.2. The van der Waals surface area contributed by atoms with Crippen molar-refractivity contribution in [2.45, 2.75) is 79.1 Å². The summed E-state index contributed by atoms with van der Waals surface area (Å²) in [5.74, 6) is 5.49. The van der Waals surface area contributed by atoms with Crippen LogP contribution in [0.1, 0.15) is 101 Å². The van der Waals surface area contributed by atoms with Gasteiger partial charge in [-0.25, -0.2) is 0 Å². The lowest BCUT2D eigenvalue weighted by Gasteiger charge is -2.39. The van der Waals surface area contributed by atoms with E-state index < -0.39 is 0 Å². The van der Waals surface area contributed by atoms with Crippen LogP contribution in [0.4, 0.5) is 0 Å². The molecule has 3 aliphatic carbocycles. The molecule has 1 nitrogen and oxygen atoms in total. The van der Waals surface area contributed by atoms with Crippen molar-refractivity contribution in [1.82, 2.24) is 0 Å². The van der Waals surface area contributed by atoms with Gasteiger partial charge in [0.1, 0.15) is 0 Å². The van der Waals surface area contributed by atoms with Crippen LogP contribution in [0.5, 0.6) is 0 Å². The van der Waals surface area contributed by atoms with Crippen molar-refractivity contribution in [1.29, 1.82) is 0 Å². The monoisotopic (exact) mass is 607 g/mol. The lowest BCUT2D eigenvalue weighted by molar-refractivity contribution is -0.929. The zero-order valence-electron chi connectivity index (χ0n) is 28.7. The molecule has 5 radical (unpaired) electrons. The third-order valence-corrected chi connectivity index (χ3v) is 10.4. The number of hydrogen-bond acceptors (Lipinski definition) is 0. The summed E-state index contributed by atoms with van der Waals surface area (Å²) in [5.41, 5.74) is 10.7. The second-order valence-electron chi connectivity index (χ2n) is 13.6. The van der Waals surface area contributed by atoms with Crippen molar-refractivity contribution >= 4 is 0 Å². The summed E-state index contributed by atoms with van der Waals surface area (Å²) in [4.78, 5) is 0. The summed E-state index contributed by atoms with van der Waals surface area (Å²) >= 11 is 0. The predicted octanol–water partition coefficient (Wildman–Crippen LogP) is 11.7. The third kappa shape index (κ3) is 6.37. The Kier molecular flexibility index (Phi) is 10.8. The molecule has 0 atom stereocenters. The molecule has 3 aliphatic rings. The highest BCUT2D eigenvalue weighted by atomic mass is 15.3. The van der Waals surface area contributed by atoms with E-state index in [0.717, 1.165) is 0 Å². The van der Waals surface area contributed by atoms with Gasteiger partial charge in [-0.05, 0) is 76.6 Å². The summed E-state index contributed by atoms with van der Waals surface area (Å²) < 4.78 is 1.42. The molecular weight excluding hydrogens is 555 g/mol. The second kappa shape index (κ2) is 15.2. The summed E-state index contributed by atoms with van der Waals surface area (Å²) in [6.07, 6.45) is 13.5. The molecular formula is C45H53N+. The molecule has 4 aromatic carbocycles. The third-order valence-electron chi connectivity index (χ3n) is 10.4. The van der Waals surface area contributed by atoms with Gasteiger partial charge in [0, 0.05) is 23.7 Å². The van der Waals surface area contributed by atoms with Crippen molar-refractivity contribution in [3.05, 3.63) is 149 Å². The van der Waals surface area contributed by atoms with Gasteiger partial charge in [0.15, 0.2) is 0 Å². The minimum absolute atomic E-state index is 1.33. The highest BCUT2D eigenvalue weighted by Gasteiger charge is 2.53. The summed E-state index contributed by atoms with van der Waals surface area (Å²) in [6, 6.07) is 35.4. The number of rotatable bonds is 12. The van der Waals surface area contributed by atoms with Crippen LogP contribution in [-0.2, 0) is 0 Å². The highest BCUT2D eigenvalue weighted by Crippen LogP contribution is 2.65. The Labute approximate surface area is 280 Å². The van der Waals surface area contributed by atoms with Gasteiger partial charge in [0.2, 0.25) is 0 Å². The second-order valence-corrected chi connectivity index (χ2v) is 13.6. The van der Waals surface area contributed by atoms with Gasteiger partial charge in [-0.1, -0.05) is 150 Å². The topological polar surface area (TPSA) is 0 Å². The Bertz CT molecular complexity index is 1430. The van der Waals surface area contributed by atoms with Crippen LogP contribution in [0.3, 0.4) is 0 Å². The molecule has 0 amide bonds. The van der Waals surface area contributed by atoms with Gasteiger partial charge in [0.25, 0.3) is 0 Å². The molecule has 0 bridgehead atoms. The van der Waals surface area contributed by atoms with E-state index in [1.165, 1.54) is 150 Å². The zero-order valence-corrected chi connectivity index (χ0v) is 28.7. The minimum atomic E-state index is 1.33. The summed E-state index contributed by atoms with van der Waals surface area (Å²) in [5, 5.41) is 0. The SMILES string of the molecule is CCCC[N+](CCCC)(CCCC)CCCC.[CH]1[C]2[C]([C]3[C]1c1ccccc1-c1ccccc13)c1ccccc1-c1ccccc12. The van der Waals surface area contributed by atoms with Crippen molar-refractivity contribution in [2.75, 3.05) is 26.2 Å². The fourth-order valence-corrected chi connectivity index (χ4v) is 7.96. The molecule has 0 saturated heterocycles. The standard InChI is InChI=1S/C29H17.C16H36N/c1-3-13-22-18(9-1)20-11-5-7-15-24(20)28-26(22)17-27-23-14-4-2-10-19(23)21-12-6-8-16-25(21)29(27)28;1-5-9-13-17(14-10-6-2,15-11-7-3)16-12-8-4/h1-17H;5-16H2,1-4H3/q;+1. The molecule has 1 heteroatoms. The Balaban J connectivity index is 0.000000190. The average molecular weight is 608 g/mol. The molecule has 0 aliphatic heterocycles. The quantitative estimate of drug-likeness (QED) is 0.141. The normalized spacial score (nSPS) is 15.6. The van der Waals surface area contributed by atoms with E-state index >= 15 is 0 Å². The van der Waals surface area contributed by atoms with Crippen molar-refractivity contribution < 1.29 is 4.48 Å². The molecule has 7 rings (SSSR count). The lowest BCUT2D eigenvalue weighted by Crippen LogP contribution is -2.50. The largest absolute Gasteiger partial charge is 0.324 e. The molecule has 1 fully saturated rings. The van der Waals surface area contributed by atoms with Crippen LogP contribution >= 0.6 is 0 Å². The van der Waals surface area contributed by atoms with Gasteiger partial charge in [-0.3, -0.25) is 0 Å². The molecule has 0 heterocycles. The summed E-state index contributed by atoms with van der Waals surface area (Å²) in [7, 11) is 0. The molecule has 1 saturated carbocycles. The van der Waals surface area contributed by atoms with Gasteiger partial charge >= 0.3 is 0 Å². The van der Waals surface area contributed by atoms with Crippen LogP contribution in [0, 0.1) is 30.1 Å². The predicted molar refractivity (Wildman–Crippen MR) is 197 cm³/mol. The van der Waals surface area contributed by atoms with Gasteiger partial charge < -0.3 is 4.48 Å². The minimum Gasteiger partial charge on any atom is -0.324 e. The van der Waals surface area contributed by atoms with Gasteiger partial charge in [-0.2, -0.15) is 0 Å². The van der Waals surface area contributed by atoms with E-state index in [4.69, 9.17) is 0 Å². The van der Waals surface area contributed by atoms with Crippen LogP contribution in [-0.4, -0.2) is 30.7 Å².